The molecule has 1 atom stereocenters. The zero-order chi connectivity index (χ0) is 16.4. The monoisotopic (exact) mass is 336 g/mol. The number of nitrogens with two attached hydrogens (primary N) is 1. The van der Waals surface area contributed by atoms with E-state index in [0.29, 0.717) is 0 Å². The minimum absolute atomic E-state index is 0.158. The average Bonchev–Trinajstić information content (AvgIpc) is 2.33. The van der Waals surface area contributed by atoms with Crippen molar-refractivity contribution in [1.82, 2.24) is 0 Å². The molecular weight excluding hydrogens is 324 g/mol. The van der Waals surface area contributed by atoms with Gasteiger partial charge in [-0.1, -0.05) is 6.92 Å². The van der Waals surface area contributed by atoms with E-state index in [1.165, 1.54) is 19.9 Å². The maximum Gasteiger partial charge on any atom is 0.312 e. The summed E-state index contributed by atoms with van der Waals surface area (Å²) < 4.78 is 27.9. The molecule has 0 spiro atoms. The van der Waals surface area contributed by atoms with Crippen LogP contribution in [0, 0.1) is 23.0 Å². The van der Waals surface area contributed by atoms with E-state index < -0.39 is 31.5 Å². The molecule has 21 heavy (non-hydrogen) atoms. The lowest BCUT2D eigenvalue weighted by molar-refractivity contribution is -0.386. The highest BCUT2D eigenvalue weighted by molar-refractivity contribution is 8.13. The highest BCUT2D eigenvalue weighted by Gasteiger charge is 2.24. The van der Waals surface area contributed by atoms with Crippen LogP contribution >= 0.6 is 10.7 Å². The molecule has 0 fully saturated rings. The first kappa shape index (κ1) is 17.2. The van der Waals surface area contributed by atoms with Gasteiger partial charge in [0.1, 0.15) is 0 Å². The number of ether oxygens (including phenoxy) is 1. The van der Waals surface area contributed by atoms with Crippen molar-refractivity contribution in [3.63, 3.8) is 0 Å². The molecule has 10 heteroatoms. The van der Waals surface area contributed by atoms with Gasteiger partial charge < -0.3 is 10.5 Å². The molecule has 1 rings (SSSR count). The van der Waals surface area contributed by atoms with Crippen LogP contribution < -0.4 is 10.5 Å². The van der Waals surface area contributed by atoms with Crippen LogP contribution in [0.25, 0.3) is 0 Å². The summed E-state index contributed by atoms with van der Waals surface area (Å²) in [6.45, 7) is 2.75. The van der Waals surface area contributed by atoms with E-state index in [-0.39, 0.29) is 22.8 Å². The predicted octanol–water partition coefficient (Wildman–Crippen LogP) is 1.33. The maximum atomic E-state index is 11.3. The standard InChI is InChI=1S/C11H13ClN2O6S/c1-6-3-9(20-5-7(2)11(13)15)8(14(16)17)4-10(6)21(12,18)19/h3-4,7H,5H2,1-2H3,(H2,13,15). The third kappa shape index (κ3) is 4.30. The Hall–Kier alpha value is -1.87. The second-order valence-corrected chi connectivity index (χ2v) is 6.93. The van der Waals surface area contributed by atoms with Gasteiger partial charge in [0.15, 0.2) is 5.75 Å². The molecule has 2 N–H and O–H groups in total. The van der Waals surface area contributed by atoms with Crippen molar-refractivity contribution in [3.05, 3.63) is 27.8 Å². The highest BCUT2D eigenvalue weighted by Crippen LogP contribution is 2.34. The first-order valence-corrected chi connectivity index (χ1v) is 8.00. The van der Waals surface area contributed by atoms with Gasteiger partial charge in [-0.05, 0) is 18.6 Å². The summed E-state index contributed by atoms with van der Waals surface area (Å²) in [7, 11) is 1.10. The van der Waals surface area contributed by atoms with Crippen molar-refractivity contribution in [2.75, 3.05) is 6.61 Å². The Morgan fingerprint density at radius 2 is 2.10 bits per heavy atom. The summed E-state index contributed by atoms with van der Waals surface area (Å²) in [5.41, 5.74) is 4.69. The molecular formula is C11H13ClN2O6S. The van der Waals surface area contributed by atoms with Gasteiger partial charge in [0.25, 0.3) is 9.05 Å². The van der Waals surface area contributed by atoms with Crippen LogP contribution in [0.5, 0.6) is 5.75 Å². The molecule has 0 aliphatic heterocycles. The van der Waals surface area contributed by atoms with Gasteiger partial charge in [-0.3, -0.25) is 14.9 Å². The van der Waals surface area contributed by atoms with Gasteiger partial charge >= 0.3 is 5.69 Å². The number of nitro benzene ring substituents is 1. The molecule has 0 heterocycles. The van der Waals surface area contributed by atoms with Crippen molar-refractivity contribution in [2.24, 2.45) is 11.7 Å². The minimum atomic E-state index is -4.11. The topological polar surface area (TPSA) is 130 Å². The van der Waals surface area contributed by atoms with E-state index in [9.17, 15) is 23.3 Å². The fraction of sp³-hybridized carbons (Fsp3) is 0.364. The molecule has 1 unspecified atom stereocenters. The molecule has 0 saturated carbocycles. The largest absolute Gasteiger partial charge is 0.486 e. The van der Waals surface area contributed by atoms with E-state index in [0.717, 1.165) is 6.07 Å². The van der Waals surface area contributed by atoms with Gasteiger partial charge in [-0.2, -0.15) is 0 Å². The number of amides is 1. The first-order chi connectivity index (χ1) is 9.54. The number of aryl methyl sites for hydroxylation is 1. The minimum Gasteiger partial charge on any atom is -0.486 e. The maximum absolute atomic E-state index is 11.3. The second kappa shape index (κ2) is 6.27. The number of hydrogen-bond donors (Lipinski definition) is 1. The number of halogens is 1. The average molecular weight is 337 g/mol. The molecule has 1 aromatic rings. The lowest BCUT2D eigenvalue weighted by Crippen LogP contribution is -2.26. The Balaban J connectivity index is 3.24. The summed E-state index contributed by atoms with van der Waals surface area (Å²) in [5.74, 6) is -1.43. The number of hydrogen-bond acceptors (Lipinski definition) is 6. The first-order valence-electron chi connectivity index (χ1n) is 5.70. The van der Waals surface area contributed by atoms with E-state index >= 15 is 0 Å². The zero-order valence-corrected chi connectivity index (χ0v) is 12.8. The number of benzene rings is 1. The van der Waals surface area contributed by atoms with Crippen molar-refractivity contribution in [1.29, 1.82) is 0 Å². The molecule has 1 aromatic carbocycles. The Labute approximate surface area is 125 Å². The fourth-order valence-corrected chi connectivity index (χ4v) is 2.66. The molecule has 0 aliphatic rings. The van der Waals surface area contributed by atoms with Crippen LogP contribution in [-0.4, -0.2) is 25.9 Å². The van der Waals surface area contributed by atoms with Gasteiger partial charge in [-0.25, -0.2) is 8.42 Å². The lowest BCUT2D eigenvalue weighted by atomic mass is 10.2. The Morgan fingerprint density at radius 3 is 2.52 bits per heavy atom. The molecule has 0 aromatic heterocycles. The molecule has 0 radical (unpaired) electrons. The summed E-state index contributed by atoms with van der Waals surface area (Å²) in [6, 6.07) is 2.00. The normalized spacial score (nSPS) is 12.7. The van der Waals surface area contributed by atoms with E-state index in [2.05, 4.69) is 0 Å². The molecule has 8 nitrogen and oxygen atoms in total. The fourth-order valence-electron chi connectivity index (χ4n) is 1.47. The van der Waals surface area contributed by atoms with E-state index in [4.69, 9.17) is 21.2 Å². The van der Waals surface area contributed by atoms with Crippen LogP contribution in [0.3, 0.4) is 0 Å². The Kier molecular flexibility index (Phi) is 5.13. The van der Waals surface area contributed by atoms with Crippen LogP contribution in [0.15, 0.2) is 17.0 Å². The third-order valence-corrected chi connectivity index (χ3v) is 4.15. The molecule has 0 bridgehead atoms. The van der Waals surface area contributed by atoms with Crippen molar-refractivity contribution < 1.29 is 22.9 Å². The molecule has 0 aliphatic carbocycles. The van der Waals surface area contributed by atoms with Crippen LogP contribution in [0.4, 0.5) is 5.69 Å². The SMILES string of the molecule is Cc1cc(OCC(C)C(N)=O)c([N+](=O)[O-])cc1S(=O)(=O)Cl. The second-order valence-electron chi connectivity index (χ2n) is 4.39. The summed E-state index contributed by atoms with van der Waals surface area (Å²) in [6.07, 6.45) is 0. The lowest BCUT2D eigenvalue weighted by Gasteiger charge is -2.12. The van der Waals surface area contributed by atoms with E-state index in [1.54, 1.807) is 0 Å². The van der Waals surface area contributed by atoms with Gasteiger partial charge in [0.05, 0.1) is 22.3 Å². The zero-order valence-electron chi connectivity index (χ0n) is 11.2. The predicted molar refractivity (Wildman–Crippen MR) is 74.7 cm³/mol. The number of nitro groups is 1. The molecule has 116 valence electrons. The van der Waals surface area contributed by atoms with E-state index in [1.807, 2.05) is 0 Å². The van der Waals surface area contributed by atoms with Gasteiger partial charge in [0, 0.05) is 16.7 Å². The van der Waals surface area contributed by atoms with Gasteiger partial charge in [-0.15, -0.1) is 0 Å². The van der Waals surface area contributed by atoms with Crippen molar-refractivity contribution >= 4 is 31.3 Å². The quantitative estimate of drug-likeness (QED) is 0.474. The Morgan fingerprint density at radius 1 is 1.52 bits per heavy atom. The van der Waals surface area contributed by atoms with Crippen molar-refractivity contribution in [2.45, 2.75) is 18.7 Å². The highest BCUT2D eigenvalue weighted by atomic mass is 35.7. The number of nitrogens with zero attached hydrogens (tertiary/aromatic N) is 1. The number of rotatable bonds is 6. The summed E-state index contributed by atoms with van der Waals surface area (Å²) >= 11 is 0. The van der Waals surface area contributed by atoms with Crippen LogP contribution in [0.1, 0.15) is 12.5 Å². The molecule has 0 saturated heterocycles. The molecule has 1 amide bonds. The van der Waals surface area contributed by atoms with Crippen LogP contribution in [0.2, 0.25) is 0 Å². The van der Waals surface area contributed by atoms with Crippen molar-refractivity contribution in [3.8, 4) is 5.75 Å². The number of carbonyl (C=O) groups is 1. The van der Waals surface area contributed by atoms with Gasteiger partial charge in [0.2, 0.25) is 5.91 Å². The van der Waals surface area contributed by atoms with Crippen LogP contribution in [-0.2, 0) is 13.8 Å². The third-order valence-electron chi connectivity index (χ3n) is 2.69. The smallest absolute Gasteiger partial charge is 0.312 e. The Bertz CT molecular complexity index is 688. The summed E-state index contributed by atoms with van der Waals surface area (Å²) in [4.78, 5) is 20.7. The number of carbonyl (C=O) groups excluding carboxylic acids is 1. The summed E-state index contributed by atoms with van der Waals surface area (Å²) in [5, 5.41) is 11.0. The number of primary amides is 1.